The van der Waals surface area contributed by atoms with Gasteiger partial charge in [-0.25, -0.2) is 14.8 Å². The monoisotopic (exact) mass is 903 g/mol. The van der Waals surface area contributed by atoms with Gasteiger partial charge in [0, 0.05) is 61.3 Å². The first kappa shape index (κ1) is 45.4. The van der Waals surface area contributed by atoms with Gasteiger partial charge in [-0.05, 0) is 98.5 Å². The van der Waals surface area contributed by atoms with E-state index in [0.717, 1.165) is 58.8 Å². The van der Waals surface area contributed by atoms with E-state index in [-0.39, 0.29) is 47.8 Å². The summed E-state index contributed by atoms with van der Waals surface area (Å²) in [4.78, 5) is 88.4. The Labute approximate surface area is 386 Å². The zero-order valence-corrected chi connectivity index (χ0v) is 36.6. The number of nitrogens with one attached hydrogen (secondary N) is 4. The van der Waals surface area contributed by atoms with Crippen LogP contribution in [-0.2, 0) is 20.9 Å². The first-order chi connectivity index (χ1) is 32.6. The molecule has 0 spiro atoms. The van der Waals surface area contributed by atoms with Crippen LogP contribution in [0.5, 0.6) is 11.6 Å². The van der Waals surface area contributed by atoms with Crippen LogP contribution in [0.4, 0.5) is 16.3 Å². The van der Waals surface area contributed by atoms with E-state index in [0.29, 0.717) is 44.0 Å². The minimum Gasteiger partial charge on any atom is -0.483 e. The van der Waals surface area contributed by atoms with Gasteiger partial charge in [0.25, 0.3) is 17.7 Å². The molecule has 5 aromatic rings. The number of benzene rings is 3. The van der Waals surface area contributed by atoms with Crippen LogP contribution < -0.4 is 35.6 Å². The van der Waals surface area contributed by atoms with Gasteiger partial charge in [-0.1, -0.05) is 48.5 Å². The van der Waals surface area contributed by atoms with E-state index in [1.165, 1.54) is 18.2 Å². The SMILES string of the molecule is N#Cc1ccc(NC2CCC(N(C(=O)NCc3ccccc3)c3ccc(-c4ccc(OCCCCNC(=O)COc5cccc6c5C(=O)N(C5CCC(=O)NC5=O)C6=O)nc4)cc3)CC2)nc1. The van der Waals surface area contributed by atoms with Crippen LogP contribution >= 0.6 is 0 Å². The number of pyridine rings is 2. The summed E-state index contributed by atoms with van der Waals surface area (Å²) < 4.78 is 11.5. The number of fused-ring (bicyclic) bond motifs is 1. The number of aromatic nitrogens is 2. The van der Waals surface area contributed by atoms with Gasteiger partial charge in [0.2, 0.25) is 17.7 Å². The lowest BCUT2D eigenvalue weighted by atomic mass is 9.89. The Bertz CT molecular complexity index is 2650. The Balaban J connectivity index is 0.785. The van der Waals surface area contributed by atoms with Gasteiger partial charge >= 0.3 is 6.03 Å². The molecule has 17 heteroatoms. The molecule has 342 valence electrons. The fourth-order valence-corrected chi connectivity index (χ4v) is 8.47. The predicted octanol–water partition coefficient (Wildman–Crippen LogP) is 5.91. The molecule has 1 atom stereocenters. The molecule has 67 heavy (non-hydrogen) atoms. The van der Waals surface area contributed by atoms with Crippen molar-refractivity contribution in [3.63, 3.8) is 0 Å². The number of imide groups is 2. The average molecular weight is 904 g/mol. The van der Waals surface area contributed by atoms with Crippen LogP contribution in [0.1, 0.15) is 83.2 Å². The molecule has 7 amide bonds. The van der Waals surface area contributed by atoms with Crippen LogP contribution in [-0.4, -0.2) is 88.3 Å². The molecule has 2 aromatic heterocycles. The van der Waals surface area contributed by atoms with Crippen molar-refractivity contribution in [1.82, 2.24) is 30.8 Å². The van der Waals surface area contributed by atoms with Crippen molar-refractivity contribution in [2.24, 2.45) is 0 Å². The summed E-state index contributed by atoms with van der Waals surface area (Å²) in [5, 5.41) is 20.7. The zero-order valence-electron chi connectivity index (χ0n) is 36.6. The third-order valence-corrected chi connectivity index (χ3v) is 12.0. The smallest absolute Gasteiger partial charge is 0.322 e. The maximum atomic E-state index is 13.9. The summed E-state index contributed by atoms with van der Waals surface area (Å²) in [6, 6.07) is 30.5. The van der Waals surface area contributed by atoms with Gasteiger partial charge in [0.15, 0.2) is 6.61 Å². The number of hydrogen-bond acceptors (Lipinski definition) is 12. The molecule has 8 rings (SSSR count). The number of hydrogen-bond donors (Lipinski definition) is 4. The molecule has 4 N–H and O–H groups in total. The van der Waals surface area contributed by atoms with E-state index in [1.807, 2.05) is 71.6 Å². The number of piperidine rings is 1. The van der Waals surface area contributed by atoms with Gasteiger partial charge in [-0.3, -0.25) is 39.1 Å². The van der Waals surface area contributed by atoms with Crippen LogP contribution in [0.15, 0.2) is 109 Å². The van der Waals surface area contributed by atoms with Gasteiger partial charge in [0.05, 0.1) is 23.3 Å². The number of ether oxygens (including phenoxy) is 2. The molecule has 1 saturated heterocycles. The van der Waals surface area contributed by atoms with Crippen molar-refractivity contribution in [2.75, 3.05) is 30.0 Å². The van der Waals surface area contributed by atoms with Crippen LogP contribution in [0, 0.1) is 11.3 Å². The second-order valence-electron chi connectivity index (χ2n) is 16.5. The topological polar surface area (TPSA) is 225 Å². The highest BCUT2D eigenvalue weighted by atomic mass is 16.5. The molecular formula is C50H49N9O8. The highest BCUT2D eigenvalue weighted by molar-refractivity contribution is 6.24. The number of nitrogens with zero attached hydrogens (tertiary/aromatic N) is 5. The lowest BCUT2D eigenvalue weighted by molar-refractivity contribution is -0.136. The maximum absolute atomic E-state index is 13.9. The summed E-state index contributed by atoms with van der Waals surface area (Å²) in [6.07, 6.45) is 7.88. The fraction of sp³-hybridized carbons (Fsp3) is 0.300. The van der Waals surface area contributed by atoms with E-state index in [1.54, 1.807) is 24.5 Å². The second-order valence-corrected chi connectivity index (χ2v) is 16.5. The van der Waals surface area contributed by atoms with E-state index in [9.17, 15) is 28.8 Å². The number of carbonyl (C=O) groups excluding carboxylic acids is 6. The summed E-state index contributed by atoms with van der Waals surface area (Å²) in [6.45, 7) is 0.737. The minimum atomic E-state index is -1.11. The Hall–Kier alpha value is -8.13. The largest absolute Gasteiger partial charge is 0.483 e. The summed E-state index contributed by atoms with van der Waals surface area (Å²) >= 11 is 0. The van der Waals surface area contributed by atoms with Crippen LogP contribution in [0.2, 0.25) is 0 Å². The van der Waals surface area contributed by atoms with Crippen LogP contribution in [0.3, 0.4) is 0 Å². The lowest BCUT2D eigenvalue weighted by Crippen LogP contribution is -2.54. The number of amides is 7. The summed E-state index contributed by atoms with van der Waals surface area (Å²) in [7, 11) is 0. The Morgan fingerprint density at radius 1 is 0.791 bits per heavy atom. The molecule has 1 aliphatic carbocycles. The highest BCUT2D eigenvalue weighted by Gasteiger charge is 2.46. The van der Waals surface area contributed by atoms with Crippen molar-refractivity contribution < 1.29 is 38.2 Å². The van der Waals surface area contributed by atoms with Crippen molar-refractivity contribution in [2.45, 2.75) is 76.0 Å². The Morgan fingerprint density at radius 3 is 2.30 bits per heavy atom. The van der Waals surface area contributed by atoms with E-state index in [2.05, 4.69) is 37.3 Å². The maximum Gasteiger partial charge on any atom is 0.322 e. The van der Waals surface area contributed by atoms with Crippen molar-refractivity contribution in [3.05, 3.63) is 132 Å². The number of nitriles is 1. The second kappa shape index (κ2) is 21.2. The third-order valence-electron chi connectivity index (χ3n) is 12.0. The zero-order chi connectivity index (χ0) is 46.7. The number of carbonyl (C=O) groups is 6. The molecule has 2 fully saturated rings. The fourth-order valence-electron chi connectivity index (χ4n) is 8.47. The molecule has 1 unspecified atom stereocenters. The minimum absolute atomic E-state index is 0.00563. The lowest BCUT2D eigenvalue weighted by Gasteiger charge is -2.37. The molecule has 2 aliphatic heterocycles. The first-order valence-electron chi connectivity index (χ1n) is 22.3. The number of rotatable bonds is 17. The van der Waals surface area contributed by atoms with Crippen molar-refractivity contribution in [3.8, 4) is 28.8 Å². The Morgan fingerprint density at radius 2 is 1.58 bits per heavy atom. The van der Waals surface area contributed by atoms with E-state index < -0.39 is 42.2 Å². The molecule has 17 nitrogen and oxygen atoms in total. The Kier molecular flexibility index (Phi) is 14.4. The number of anilines is 2. The molecule has 0 radical (unpaired) electrons. The number of unbranched alkanes of at least 4 members (excludes halogenated alkanes) is 1. The summed E-state index contributed by atoms with van der Waals surface area (Å²) in [5.41, 5.74) is 4.18. The highest BCUT2D eigenvalue weighted by Crippen LogP contribution is 2.34. The molecular weight excluding hydrogens is 855 g/mol. The van der Waals surface area contributed by atoms with Gasteiger partial charge < -0.3 is 25.4 Å². The first-order valence-corrected chi connectivity index (χ1v) is 22.3. The quantitative estimate of drug-likeness (QED) is 0.0632. The number of urea groups is 1. The predicted molar refractivity (Wildman–Crippen MR) is 246 cm³/mol. The molecule has 3 aromatic carbocycles. The van der Waals surface area contributed by atoms with Gasteiger partial charge in [0.1, 0.15) is 23.7 Å². The van der Waals surface area contributed by atoms with E-state index >= 15 is 0 Å². The normalized spacial score (nSPS) is 17.7. The summed E-state index contributed by atoms with van der Waals surface area (Å²) in [5.74, 6) is -1.73. The van der Waals surface area contributed by atoms with Crippen LogP contribution in [0.25, 0.3) is 11.1 Å². The molecule has 3 aliphatic rings. The van der Waals surface area contributed by atoms with Gasteiger partial charge in [-0.15, -0.1) is 0 Å². The van der Waals surface area contributed by atoms with Gasteiger partial charge in [-0.2, -0.15) is 5.26 Å². The molecule has 0 bridgehead atoms. The molecule has 1 saturated carbocycles. The standard InChI is InChI=1S/C50H49N9O8/c51-27-33-11-22-42(53-29-33)56-36-15-19-38(20-16-36)58(50(65)55-28-32-7-2-1-3-8-32)37-17-12-34(13-18-37)35-14-24-45(54-30-35)66-26-5-4-25-52-44(61)31-67-41-10-6-9-39-46(41)49(64)59(48(39)63)40-21-23-43(60)57-47(40)62/h1-3,6-14,17-18,22,24,29-30,36,38,40H,4-5,15-16,19-21,23,25-26,28,31H2,(H,52,61)(H,53,56)(H,55,65)(H,57,60,62). The molecule has 4 heterocycles. The third kappa shape index (κ3) is 11.0. The van der Waals surface area contributed by atoms with Crippen molar-refractivity contribution >= 4 is 47.1 Å². The average Bonchev–Trinajstić information content (AvgIpc) is 3.61. The van der Waals surface area contributed by atoms with Crippen molar-refractivity contribution in [1.29, 1.82) is 5.26 Å². The van der Waals surface area contributed by atoms with E-state index in [4.69, 9.17) is 14.7 Å².